The lowest BCUT2D eigenvalue weighted by molar-refractivity contribution is 0.817. The van der Waals surface area contributed by atoms with Gasteiger partial charge in [-0.05, 0) is 18.1 Å². The van der Waals surface area contributed by atoms with Crippen molar-refractivity contribution in [1.29, 1.82) is 0 Å². The normalized spacial score (nSPS) is 10.5. The Morgan fingerprint density at radius 2 is 2.09 bits per heavy atom. The second kappa shape index (κ2) is 2.78. The number of nitrogen functional groups attached to an aromatic ring is 1. The summed E-state index contributed by atoms with van der Waals surface area (Å²) in [4.78, 5) is 13.7. The number of nitrogens with one attached hydrogen (secondary N) is 1. The minimum atomic E-state index is -0.198. The van der Waals surface area contributed by atoms with Crippen LogP contribution in [0.4, 0.5) is 5.69 Å². The summed E-state index contributed by atoms with van der Waals surface area (Å²) in [6.45, 7) is 4.03. The predicted octanol–water partition coefficient (Wildman–Crippen LogP) is 1.08. The van der Waals surface area contributed by atoms with Gasteiger partial charge in [-0.2, -0.15) is 0 Å². The Bertz CT molecular complexity index is 301. The van der Waals surface area contributed by atoms with Crippen LogP contribution in [0, 0.1) is 0 Å². The summed E-state index contributed by atoms with van der Waals surface area (Å²) in [5, 5.41) is 0. The Morgan fingerprint density at radius 1 is 1.45 bits per heavy atom. The van der Waals surface area contributed by atoms with Crippen LogP contribution < -0.4 is 11.3 Å². The van der Waals surface area contributed by atoms with Crippen molar-refractivity contribution in [1.82, 2.24) is 4.98 Å². The molecule has 0 aromatic carbocycles. The maximum absolute atomic E-state index is 11.0. The molecule has 3 heteroatoms. The molecule has 0 unspecified atom stereocenters. The first-order valence-electron chi connectivity index (χ1n) is 3.60. The topological polar surface area (TPSA) is 58.9 Å². The zero-order valence-corrected chi connectivity index (χ0v) is 6.72. The Labute approximate surface area is 65.2 Å². The first kappa shape index (κ1) is 7.85. The highest BCUT2D eigenvalue weighted by atomic mass is 16.1. The number of aromatic amines is 1. The van der Waals surface area contributed by atoms with Crippen LogP contribution in [0.15, 0.2) is 16.9 Å². The number of aromatic nitrogens is 1. The van der Waals surface area contributed by atoms with Crippen LogP contribution >= 0.6 is 0 Å². The van der Waals surface area contributed by atoms with Gasteiger partial charge < -0.3 is 10.7 Å². The van der Waals surface area contributed by atoms with Crippen molar-refractivity contribution < 1.29 is 0 Å². The molecule has 3 N–H and O–H groups in total. The van der Waals surface area contributed by atoms with Crippen molar-refractivity contribution in [3.05, 3.63) is 28.2 Å². The quantitative estimate of drug-likeness (QED) is 0.632. The largest absolute Gasteiger partial charge is 0.394 e. The molecule has 11 heavy (non-hydrogen) atoms. The first-order valence-corrected chi connectivity index (χ1v) is 3.60. The van der Waals surface area contributed by atoms with Crippen molar-refractivity contribution >= 4 is 5.69 Å². The van der Waals surface area contributed by atoms with Crippen molar-refractivity contribution in [2.45, 2.75) is 19.8 Å². The van der Waals surface area contributed by atoms with Gasteiger partial charge in [-0.3, -0.25) is 4.79 Å². The molecule has 0 saturated carbocycles. The van der Waals surface area contributed by atoms with Gasteiger partial charge in [-0.25, -0.2) is 0 Å². The Balaban J connectivity index is 3.16. The summed E-state index contributed by atoms with van der Waals surface area (Å²) in [5.74, 6) is 0.336. The fourth-order valence-corrected chi connectivity index (χ4v) is 0.837. The maximum atomic E-state index is 11.0. The summed E-state index contributed by atoms with van der Waals surface area (Å²) in [5.41, 5.74) is 6.34. The lowest BCUT2D eigenvalue weighted by Gasteiger charge is -2.03. The molecule has 0 saturated heterocycles. The smallest absolute Gasteiger partial charge is 0.271 e. The van der Waals surface area contributed by atoms with E-state index in [4.69, 9.17) is 5.73 Å². The summed E-state index contributed by atoms with van der Waals surface area (Å²) in [6, 6.07) is 3.47. The third-order valence-corrected chi connectivity index (χ3v) is 1.58. The van der Waals surface area contributed by atoms with E-state index in [1.165, 1.54) is 0 Å². The molecule has 0 bridgehead atoms. The number of anilines is 1. The summed E-state index contributed by atoms with van der Waals surface area (Å²) in [7, 11) is 0. The molecule has 0 spiro atoms. The first-order chi connectivity index (χ1) is 5.11. The van der Waals surface area contributed by atoms with Crippen LogP contribution in [0.25, 0.3) is 0 Å². The summed E-state index contributed by atoms with van der Waals surface area (Å²) >= 11 is 0. The molecular weight excluding hydrogens is 140 g/mol. The van der Waals surface area contributed by atoms with Crippen molar-refractivity contribution in [2.75, 3.05) is 5.73 Å². The van der Waals surface area contributed by atoms with E-state index in [-0.39, 0.29) is 11.2 Å². The average molecular weight is 152 g/mol. The highest BCUT2D eigenvalue weighted by molar-refractivity contribution is 5.35. The number of hydrogen-bond donors (Lipinski definition) is 2. The second-order valence-corrected chi connectivity index (χ2v) is 2.85. The minimum absolute atomic E-state index is 0.198. The lowest BCUT2D eigenvalue weighted by Crippen LogP contribution is -2.13. The molecule has 0 aliphatic carbocycles. The lowest BCUT2D eigenvalue weighted by atomic mass is 10.1. The van der Waals surface area contributed by atoms with Crippen LogP contribution in [0.3, 0.4) is 0 Å². The highest BCUT2D eigenvalue weighted by Gasteiger charge is 2.00. The molecule has 1 heterocycles. The molecule has 0 amide bonds. The molecule has 0 aliphatic heterocycles. The van der Waals surface area contributed by atoms with Gasteiger partial charge in [0.2, 0.25) is 0 Å². The van der Waals surface area contributed by atoms with Crippen molar-refractivity contribution in [3.8, 4) is 0 Å². The van der Waals surface area contributed by atoms with E-state index in [1.807, 2.05) is 19.9 Å². The van der Waals surface area contributed by atoms with Gasteiger partial charge in [-0.15, -0.1) is 0 Å². The molecule has 1 aromatic heterocycles. The van der Waals surface area contributed by atoms with Gasteiger partial charge in [0.05, 0.1) is 5.69 Å². The zero-order chi connectivity index (χ0) is 8.43. The van der Waals surface area contributed by atoms with Crippen LogP contribution in [0.5, 0.6) is 0 Å². The molecule has 3 nitrogen and oxygen atoms in total. The molecule has 0 atom stereocenters. The third kappa shape index (κ3) is 1.61. The predicted molar refractivity (Wildman–Crippen MR) is 45.6 cm³/mol. The van der Waals surface area contributed by atoms with E-state index >= 15 is 0 Å². The van der Waals surface area contributed by atoms with Gasteiger partial charge in [0.15, 0.2) is 0 Å². The number of nitrogens with two attached hydrogens (primary N) is 1. The average Bonchev–Trinajstić information content (AvgIpc) is 1.94. The molecule has 60 valence electrons. The van der Waals surface area contributed by atoms with E-state index in [0.29, 0.717) is 5.92 Å². The Morgan fingerprint density at radius 3 is 2.55 bits per heavy atom. The molecule has 0 radical (unpaired) electrons. The SMILES string of the molecule is CC(C)c1ccc(N)c(=O)[nH]1. The number of H-pyrrole nitrogens is 1. The van der Waals surface area contributed by atoms with E-state index in [1.54, 1.807) is 6.07 Å². The fourth-order valence-electron chi connectivity index (χ4n) is 0.837. The van der Waals surface area contributed by atoms with Crippen LogP contribution in [0.2, 0.25) is 0 Å². The van der Waals surface area contributed by atoms with Gasteiger partial charge >= 0.3 is 0 Å². The van der Waals surface area contributed by atoms with Gasteiger partial charge in [0.25, 0.3) is 5.56 Å². The van der Waals surface area contributed by atoms with Crippen LogP contribution in [0.1, 0.15) is 25.5 Å². The minimum Gasteiger partial charge on any atom is -0.394 e. The van der Waals surface area contributed by atoms with Gasteiger partial charge in [0.1, 0.15) is 0 Å². The van der Waals surface area contributed by atoms with Crippen LogP contribution in [-0.2, 0) is 0 Å². The number of pyridine rings is 1. The van der Waals surface area contributed by atoms with Crippen LogP contribution in [-0.4, -0.2) is 4.98 Å². The van der Waals surface area contributed by atoms with Crippen molar-refractivity contribution in [2.24, 2.45) is 0 Å². The Kier molecular flexibility index (Phi) is 1.98. The number of hydrogen-bond acceptors (Lipinski definition) is 2. The highest BCUT2D eigenvalue weighted by Crippen LogP contribution is 2.08. The zero-order valence-electron chi connectivity index (χ0n) is 6.72. The molecular formula is C8H12N2O. The van der Waals surface area contributed by atoms with E-state index in [9.17, 15) is 4.79 Å². The number of rotatable bonds is 1. The molecule has 0 fully saturated rings. The van der Waals surface area contributed by atoms with E-state index in [0.717, 1.165) is 5.69 Å². The van der Waals surface area contributed by atoms with E-state index in [2.05, 4.69) is 4.98 Å². The second-order valence-electron chi connectivity index (χ2n) is 2.85. The fraction of sp³-hybridized carbons (Fsp3) is 0.375. The van der Waals surface area contributed by atoms with Gasteiger partial charge in [0, 0.05) is 5.69 Å². The van der Waals surface area contributed by atoms with Crippen molar-refractivity contribution in [3.63, 3.8) is 0 Å². The summed E-state index contributed by atoms with van der Waals surface area (Å²) < 4.78 is 0. The monoisotopic (exact) mass is 152 g/mol. The molecule has 1 aromatic rings. The third-order valence-electron chi connectivity index (χ3n) is 1.58. The standard InChI is InChI=1S/C8H12N2O/c1-5(2)7-4-3-6(9)8(11)10-7/h3-5H,9H2,1-2H3,(H,10,11). The maximum Gasteiger partial charge on any atom is 0.271 e. The summed E-state index contributed by atoms with van der Waals surface area (Å²) in [6.07, 6.45) is 0. The Hall–Kier alpha value is -1.25. The van der Waals surface area contributed by atoms with E-state index < -0.39 is 0 Å². The molecule has 0 aliphatic rings. The molecule has 1 rings (SSSR count). The van der Waals surface area contributed by atoms with Gasteiger partial charge in [-0.1, -0.05) is 13.8 Å².